The molecule has 0 atom stereocenters. The topological polar surface area (TPSA) is 78.6 Å². The Bertz CT molecular complexity index is 431. The first-order valence-corrected chi connectivity index (χ1v) is 4.95. The molecule has 2 N–H and O–H groups in total. The minimum atomic E-state index is -4.13. The van der Waals surface area contributed by atoms with Crippen molar-refractivity contribution in [3.63, 3.8) is 0 Å². The average Bonchev–Trinajstić information content (AvgIpc) is 2.06. The van der Waals surface area contributed by atoms with Crippen molar-refractivity contribution in [2.24, 2.45) is 5.14 Å². The molecule has 0 radical (unpaired) electrons. The number of hydrogen-bond donors (Lipinski definition) is 1. The van der Waals surface area contributed by atoms with Crippen molar-refractivity contribution in [3.8, 4) is 11.5 Å². The maximum Gasteiger partial charge on any atom is 0.380 e. The van der Waals surface area contributed by atoms with Gasteiger partial charge in [-0.3, -0.25) is 0 Å². The molecule has 0 aliphatic heterocycles. The number of hydrogen-bond acceptors (Lipinski definition) is 4. The fourth-order valence-corrected chi connectivity index (χ4v) is 1.22. The predicted molar refractivity (Wildman–Crippen MR) is 46.7 cm³/mol. The third kappa shape index (κ3) is 2.86. The Morgan fingerprint density at radius 2 is 2.00 bits per heavy atom. The molecule has 5 nitrogen and oxygen atoms in total. The highest BCUT2D eigenvalue weighted by Crippen LogP contribution is 2.27. The molecule has 0 spiro atoms. The summed E-state index contributed by atoms with van der Waals surface area (Å²) in [6, 6.07) is 3.13. The molecular formula is C7H8FNO4S. The van der Waals surface area contributed by atoms with Crippen LogP contribution in [0.1, 0.15) is 0 Å². The highest BCUT2D eigenvalue weighted by atomic mass is 32.2. The van der Waals surface area contributed by atoms with Gasteiger partial charge in [0.05, 0.1) is 7.11 Å². The van der Waals surface area contributed by atoms with E-state index in [0.29, 0.717) is 0 Å². The summed E-state index contributed by atoms with van der Waals surface area (Å²) in [4.78, 5) is 0. The standard InChI is InChI=1S/C7H8FNO4S/c1-12-7-4-5(8)2-3-6(7)13-14(9,10)11/h2-4H,1H3,(H2,9,10,11). The van der Waals surface area contributed by atoms with Crippen LogP contribution in [0.15, 0.2) is 18.2 Å². The van der Waals surface area contributed by atoms with Gasteiger partial charge in [-0.25, -0.2) is 4.39 Å². The Labute approximate surface area is 80.5 Å². The molecule has 0 amide bonds. The summed E-state index contributed by atoms with van der Waals surface area (Å²) in [5.41, 5.74) is 0. The zero-order valence-corrected chi connectivity index (χ0v) is 8.05. The van der Waals surface area contributed by atoms with Gasteiger partial charge in [0.2, 0.25) is 0 Å². The number of nitrogens with two attached hydrogens (primary N) is 1. The number of halogens is 1. The first-order valence-electron chi connectivity index (χ1n) is 3.48. The minimum absolute atomic E-state index is 0.0426. The molecule has 0 heterocycles. The van der Waals surface area contributed by atoms with Gasteiger partial charge >= 0.3 is 10.3 Å². The van der Waals surface area contributed by atoms with Crippen LogP contribution in [0, 0.1) is 5.82 Å². The molecule has 0 saturated carbocycles. The van der Waals surface area contributed by atoms with Crippen LogP contribution in [-0.2, 0) is 10.3 Å². The normalized spacial score (nSPS) is 11.1. The molecule has 14 heavy (non-hydrogen) atoms. The maximum absolute atomic E-state index is 12.7. The van der Waals surface area contributed by atoms with E-state index < -0.39 is 16.1 Å². The predicted octanol–water partition coefficient (Wildman–Crippen LogP) is 0.417. The van der Waals surface area contributed by atoms with Crippen LogP contribution in [0.5, 0.6) is 11.5 Å². The minimum Gasteiger partial charge on any atom is -0.493 e. The van der Waals surface area contributed by atoms with Gasteiger partial charge in [0.25, 0.3) is 0 Å². The van der Waals surface area contributed by atoms with Crippen LogP contribution >= 0.6 is 0 Å². The highest BCUT2D eigenvalue weighted by molar-refractivity contribution is 7.84. The quantitative estimate of drug-likeness (QED) is 0.802. The number of rotatable bonds is 3. The van der Waals surface area contributed by atoms with Gasteiger partial charge in [-0.1, -0.05) is 0 Å². The Kier molecular flexibility index (Phi) is 2.92. The lowest BCUT2D eigenvalue weighted by Crippen LogP contribution is -2.19. The van der Waals surface area contributed by atoms with Crippen LogP contribution in [-0.4, -0.2) is 15.5 Å². The van der Waals surface area contributed by atoms with Crippen molar-refractivity contribution < 1.29 is 21.7 Å². The van der Waals surface area contributed by atoms with Crippen molar-refractivity contribution >= 4 is 10.3 Å². The first-order chi connectivity index (χ1) is 6.42. The van der Waals surface area contributed by atoms with Crippen LogP contribution in [0.2, 0.25) is 0 Å². The molecule has 0 unspecified atom stereocenters. The van der Waals surface area contributed by atoms with Gasteiger partial charge in [-0.05, 0) is 12.1 Å². The molecule has 1 aromatic carbocycles. The summed E-state index contributed by atoms with van der Waals surface area (Å²) in [7, 11) is -2.87. The Morgan fingerprint density at radius 1 is 1.36 bits per heavy atom. The van der Waals surface area contributed by atoms with E-state index in [1.54, 1.807) is 0 Å². The monoisotopic (exact) mass is 221 g/mol. The Morgan fingerprint density at radius 3 is 2.50 bits per heavy atom. The van der Waals surface area contributed by atoms with E-state index in [2.05, 4.69) is 14.1 Å². The molecule has 78 valence electrons. The van der Waals surface area contributed by atoms with E-state index in [9.17, 15) is 12.8 Å². The lowest BCUT2D eigenvalue weighted by atomic mass is 10.3. The second kappa shape index (κ2) is 3.81. The molecule has 0 aliphatic rings. The van der Waals surface area contributed by atoms with E-state index in [1.807, 2.05) is 0 Å². The van der Waals surface area contributed by atoms with Gasteiger partial charge in [-0.15, -0.1) is 0 Å². The van der Waals surface area contributed by atoms with Crippen LogP contribution in [0.4, 0.5) is 4.39 Å². The SMILES string of the molecule is COc1cc(F)ccc1OS(N)(=O)=O. The third-order valence-electron chi connectivity index (χ3n) is 1.33. The van der Waals surface area contributed by atoms with E-state index in [1.165, 1.54) is 7.11 Å². The molecule has 1 aromatic rings. The zero-order valence-electron chi connectivity index (χ0n) is 7.23. The van der Waals surface area contributed by atoms with E-state index in [0.717, 1.165) is 18.2 Å². The van der Waals surface area contributed by atoms with Crippen molar-refractivity contribution in [2.75, 3.05) is 7.11 Å². The smallest absolute Gasteiger partial charge is 0.380 e. The summed E-state index contributed by atoms with van der Waals surface area (Å²) in [5, 5.41) is 4.63. The summed E-state index contributed by atoms with van der Waals surface area (Å²) in [6.45, 7) is 0. The number of benzene rings is 1. The summed E-state index contributed by atoms with van der Waals surface area (Å²) in [5.74, 6) is -0.765. The summed E-state index contributed by atoms with van der Waals surface area (Å²) >= 11 is 0. The summed E-state index contributed by atoms with van der Waals surface area (Å²) in [6.07, 6.45) is 0. The maximum atomic E-state index is 12.7. The first kappa shape index (κ1) is 10.7. The van der Waals surface area contributed by atoms with Crippen LogP contribution in [0.3, 0.4) is 0 Å². The average molecular weight is 221 g/mol. The van der Waals surface area contributed by atoms with Gasteiger partial charge in [-0.2, -0.15) is 13.6 Å². The van der Waals surface area contributed by atoms with Crippen LogP contribution in [0.25, 0.3) is 0 Å². The molecule has 1 rings (SSSR count). The summed E-state index contributed by atoms with van der Waals surface area (Å²) < 4.78 is 42.8. The molecule has 0 saturated heterocycles. The van der Waals surface area contributed by atoms with Crippen molar-refractivity contribution in [1.82, 2.24) is 0 Å². The van der Waals surface area contributed by atoms with Crippen LogP contribution < -0.4 is 14.1 Å². The van der Waals surface area contributed by atoms with Gasteiger partial charge in [0.15, 0.2) is 11.5 Å². The number of methoxy groups -OCH3 is 1. The van der Waals surface area contributed by atoms with Gasteiger partial charge in [0.1, 0.15) is 5.82 Å². The molecule has 7 heteroatoms. The molecule has 0 aliphatic carbocycles. The highest BCUT2D eigenvalue weighted by Gasteiger charge is 2.11. The number of ether oxygens (including phenoxy) is 1. The molecular weight excluding hydrogens is 213 g/mol. The van der Waals surface area contributed by atoms with Gasteiger partial charge in [0, 0.05) is 6.07 Å². The van der Waals surface area contributed by atoms with E-state index in [4.69, 9.17) is 0 Å². The fourth-order valence-electron chi connectivity index (χ4n) is 0.835. The van der Waals surface area contributed by atoms with Crippen molar-refractivity contribution in [2.45, 2.75) is 0 Å². The van der Waals surface area contributed by atoms with E-state index >= 15 is 0 Å². The third-order valence-corrected chi connectivity index (χ3v) is 1.74. The second-order valence-electron chi connectivity index (χ2n) is 2.37. The lowest BCUT2D eigenvalue weighted by Gasteiger charge is -2.07. The fraction of sp³-hybridized carbons (Fsp3) is 0.143. The van der Waals surface area contributed by atoms with Gasteiger partial charge < -0.3 is 8.92 Å². The zero-order chi connectivity index (χ0) is 10.8. The second-order valence-corrected chi connectivity index (χ2v) is 3.52. The Hall–Kier alpha value is -1.34. The molecule has 0 bridgehead atoms. The lowest BCUT2D eigenvalue weighted by molar-refractivity contribution is 0.387. The largest absolute Gasteiger partial charge is 0.493 e. The van der Waals surface area contributed by atoms with E-state index in [-0.39, 0.29) is 11.5 Å². The van der Waals surface area contributed by atoms with Crippen molar-refractivity contribution in [3.05, 3.63) is 24.0 Å². The Balaban J connectivity index is 3.09. The van der Waals surface area contributed by atoms with Crippen molar-refractivity contribution in [1.29, 1.82) is 0 Å². The molecule has 0 fully saturated rings. The molecule has 0 aromatic heterocycles.